The Bertz CT molecular complexity index is 346. The first-order chi connectivity index (χ1) is 8.40. The van der Waals surface area contributed by atoms with E-state index in [2.05, 4.69) is 36.4 Å². The van der Waals surface area contributed by atoms with Crippen LogP contribution < -0.4 is 5.32 Å². The van der Waals surface area contributed by atoms with Crippen molar-refractivity contribution in [3.63, 3.8) is 0 Å². The number of aliphatic hydroxyl groups excluding tert-OH is 2. The molecule has 0 saturated carbocycles. The Balaban J connectivity index is 2.24. The molecule has 1 aromatic rings. The van der Waals surface area contributed by atoms with Crippen LogP contribution in [-0.4, -0.2) is 44.5 Å². The summed E-state index contributed by atoms with van der Waals surface area (Å²) < 4.78 is 1.60. The van der Waals surface area contributed by atoms with Gasteiger partial charge in [0.2, 0.25) is 0 Å². The number of nitrogens with zero attached hydrogens (tertiary/aromatic N) is 3. The normalized spacial score (nSPS) is 13.8. The van der Waals surface area contributed by atoms with E-state index in [0.717, 1.165) is 12.1 Å². The fraction of sp³-hybridized carbons (Fsp3) is 0.833. The van der Waals surface area contributed by atoms with E-state index in [1.54, 1.807) is 10.9 Å². The maximum absolute atomic E-state index is 9.82. The highest BCUT2D eigenvalue weighted by Gasteiger charge is 2.16. The Kier molecular flexibility index (Phi) is 5.71. The molecule has 0 radical (unpaired) electrons. The largest absolute Gasteiger partial charge is 0.394 e. The summed E-state index contributed by atoms with van der Waals surface area (Å²) in [4.78, 5) is 0. The highest BCUT2D eigenvalue weighted by Crippen LogP contribution is 2.20. The summed E-state index contributed by atoms with van der Waals surface area (Å²) in [6.07, 6.45) is 2.20. The Morgan fingerprint density at radius 2 is 2.17 bits per heavy atom. The van der Waals surface area contributed by atoms with Gasteiger partial charge in [-0.05, 0) is 11.8 Å². The topological polar surface area (TPSA) is 83.2 Å². The molecule has 18 heavy (non-hydrogen) atoms. The van der Waals surface area contributed by atoms with Gasteiger partial charge >= 0.3 is 0 Å². The maximum Gasteiger partial charge on any atom is 0.0964 e. The molecule has 0 fully saturated rings. The molecule has 0 aliphatic rings. The van der Waals surface area contributed by atoms with Crippen LogP contribution in [0.5, 0.6) is 0 Å². The second kappa shape index (κ2) is 6.82. The summed E-state index contributed by atoms with van der Waals surface area (Å²) in [6, 6.07) is 0. The number of hydrogen-bond acceptors (Lipinski definition) is 5. The van der Waals surface area contributed by atoms with E-state index in [-0.39, 0.29) is 18.1 Å². The number of rotatable bonds is 7. The second-order valence-electron chi connectivity index (χ2n) is 5.75. The SMILES string of the molecule is CC(C)(C)CC(O)CNCc1cn(CCO)nn1. The molecular weight excluding hydrogens is 232 g/mol. The van der Waals surface area contributed by atoms with Gasteiger partial charge in [0.1, 0.15) is 0 Å². The minimum Gasteiger partial charge on any atom is -0.394 e. The Morgan fingerprint density at radius 3 is 2.78 bits per heavy atom. The monoisotopic (exact) mass is 256 g/mol. The molecule has 1 atom stereocenters. The molecule has 0 spiro atoms. The molecule has 1 unspecified atom stereocenters. The molecule has 0 aromatic carbocycles. The lowest BCUT2D eigenvalue weighted by Gasteiger charge is -2.22. The zero-order chi connectivity index (χ0) is 13.6. The molecule has 1 heterocycles. The van der Waals surface area contributed by atoms with Crippen molar-refractivity contribution in [2.24, 2.45) is 5.41 Å². The van der Waals surface area contributed by atoms with Gasteiger partial charge in [-0.3, -0.25) is 0 Å². The lowest BCUT2D eigenvalue weighted by Crippen LogP contribution is -2.29. The molecule has 1 aromatic heterocycles. The third-order valence-electron chi connectivity index (χ3n) is 2.45. The van der Waals surface area contributed by atoms with Crippen molar-refractivity contribution >= 4 is 0 Å². The molecule has 3 N–H and O–H groups in total. The highest BCUT2D eigenvalue weighted by molar-refractivity contribution is 4.91. The van der Waals surface area contributed by atoms with Gasteiger partial charge in [0.25, 0.3) is 0 Å². The second-order valence-corrected chi connectivity index (χ2v) is 5.75. The number of nitrogens with one attached hydrogen (secondary N) is 1. The predicted molar refractivity (Wildman–Crippen MR) is 68.9 cm³/mol. The third-order valence-corrected chi connectivity index (χ3v) is 2.45. The predicted octanol–water partition coefficient (Wildman–Crippen LogP) is 0.157. The average Bonchev–Trinajstić information content (AvgIpc) is 2.63. The van der Waals surface area contributed by atoms with E-state index in [4.69, 9.17) is 5.11 Å². The smallest absolute Gasteiger partial charge is 0.0964 e. The minimum atomic E-state index is -0.350. The zero-order valence-electron chi connectivity index (χ0n) is 11.4. The van der Waals surface area contributed by atoms with Crippen LogP contribution >= 0.6 is 0 Å². The van der Waals surface area contributed by atoms with Gasteiger partial charge in [-0.15, -0.1) is 5.10 Å². The maximum atomic E-state index is 9.82. The van der Waals surface area contributed by atoms with E-state index < -0.39 is 0 Å². The molecule has 0 bridgehead atoms. The first kappa shape index (κ1) is 15.1. The van der Waals surface area contributed by atoms with E-state index in [9.17, 15) is 5.11 Å². The van der Waals surface area contributed by atoms with Gasteiger partial charge in [-0.25, -0.2) is 4.68 Å². The highest BCUT2D eigenvalue weighted by atomic mass is 16.3. The molecule has 0 aliphatic carbocycles. The van der Waals surface area contributed by atoms with Crippen molar-refractivity contribution in [3.8, 4) is 0 Å². The van der Waals surface area contributed by atoms with Crippen molar-refractivity contribution in [1.82, 2.24) is 20.3 Å². The fourth-order valence-corrected chi connectivity index (χ4v) is 1.78. The van der Waals surface area contributed by atoms with Crippen molar-refractivity contribution in [2.45, 2.75) is 46.4 Å². The molecular formula is C12H24N4O2. The molecule has 0 amide bonds. The Labute approximate surface area is 108 Å². The minimum absolute atomic E-state index is 0.0561. The molecule has 6 nitrogen and oxygen atoms in total. The van der Waals surface area contributed by atoms with E-state index >= 15 is 0 Å². The Morgan fingerprint density at radius 1 is 1.44 bits per heavy atom. The van der Waals surface area contributed by atoms with Gasteiger partial charge in [0.15, 0.2) is 0 Å². The first-order valence-corrected chi connectivity index (χ1v) is 6.29. The van der Waals surface area contributed by atoms with Gasteiger partial charge < -0.3 is 15.5 Å². The average molecular weight is 256 g/mol. The van der Waals surface area contributed by atoms with E-state index in [1.807, 2.05) is 0 Å². The van der Waals surface area contributed by atoms with Crippen LogP contribution in [0.2, 0.25) is 0 Å². The lowest BCUT2D eigenvalue weighted by molar-refractivity contribution is 0.119. The molecule has 6 heteroatoms. The molecule has 1 rings (SSSR count). The van der Waals surface area contributed by atoms with Crippen LogP contribution in [0.4, 0.5) is 0 Å². The fourth-order valence-electron chi connectivity index (χ4n) is 1.78. The quantitative estimate of drug-likeness (QED) is 0.647. The molecule has 0 saturated heterocycles. The van der Waals surface area contributed by atoms with Crippen molar-refractivity contribution < 1.29 is 10.2 Å². The summed E-state index contributed by atoms with van der Waals surface area (Å²) in [5.74, 6) is 0. The summed E-state index contributed by atoms with van der Waals surface area (Å²) in [6.45, 7) is 7.96. The van der Waals surface area contributed by atoms with Crippen LogP contribution in [-0.2, 0) is 13.1 Å². The van der Waals surface area contributed by atoms with Gasteiger partial charge in [-0.2, -0.15) is 0 Å². The van der Waals surface area contributed by atoms with Crippen LogP contribution in [0, 0.1) is 5.41 Å². The Hall–Kier alpha value is -0.980. The summed E-state index contributed by atoms with van der Waals surface area (Å²) in [5.41, 5.74) is 0.942. The van der Waals surface area contributed by atoms with Crippen molar-refractivity contribution in [3.05, 3.63) is 11.9 Å². The van der Waals surface area contributed by atoms with Crippen molar-refractivity contribution in [1.29, 1.82) is 0 Å². The lowest BCUT2D eigenvalue weighted by atomic mass is 9.89. The number of aromatic nitrogens is 3. The first-order valence-electron chi connectivity index (χ1n) is 6.29. The molecule has 104 valence electrons. The summed E-state index contributed by atoms with van der Waals surface area (Å²) >= 11 is 0. The van der Waals surface area contributed by atoms with E-state index in [1.165, 1.54) is 0 Å². The third kappa shape index (κ3) is 6.09. The summed E-state index contributed by atoms with van der Waals surface area (Å²) in [5, 5.41) is 29.5. The van der Waals surface area contributed by atoms with Crippen molar-refractivity contribution in [2.75, 3.05) is 13.2 Å². The van der Waals surface area contributed by atoms with Crippen LogP contribution in [0.15, 0.2) is 6.20 Å². The number of hydrogen-bond donors (Lipinski definition) is 3. The van der Waals surface area contributed by atoms with Gasteiger partial charge in [0, 0.05) is 19.3 Å². The number of aliphatic hydroxyl groups is 2. The van der Waals surface area contributed by atoms with Crippen LogP contribution in [0.1, 0.15) is 32.9 Å². The van der Waals surface area contributed by atoms with E-state index in [0.29, 0.717) is 19.6 Å². The standard InChI is InChI=1S/C12H24N4O2/c1-12(2,3)6-11(18)8-13-7-10-9-16(4-5-17)15-14-10/h9,11,13,17-18H,4-8H2,1-3H3. The van der Waals surface area contributed by atoms with Gasteiger partial charge in [0.05, 0.1) is 24.9 Å². The molecule has 0 aliphatic heterocycles. The van der Waals surface area contributed by atoms with Gasteiger partial charge in [-0.1, -0.05) is 26.0 Å². The van der Waals surface area contributed by atoms with Crippen LogP contribution in [0.3, 0.4) is 0 Å². The summed E-state index contributed by atoms with van der Waals surface area (Å²) in [7, 11) is 0. The van der Waals surface area contributed by atoms with Crippen LogP contribution in [0.25, 0.3) is 0 Å². The zero-order valence-corrected chi connectivity index (χ0v) is 11.4.